The fraction of sp³-hybridized carbons (Fsp3) is 0.348. The summed E-state index contributed by atoms with van der Waals surface area (Å²) >= 11 is 0. The van der Waals surface area contributed by atoms with Crippen LogP contribution in [0.25, 0.3) is 22.1 Å². The topological polar surface area (TPSA) is 75.4 Å². The normalized spacial score (nSPS) is 17.0. The summed E-state index contributed by atoms with van der Waals surface area (Å²) < 4.78 is 16.5. The van der Waals surface area contributed by atoms with Gasteiger partial charge in [0.2, 0.25) is 6.79 Å². The highest BCUT2D eigenvalue weighted by Gasteiger charge is 2.21. The van der Waals surface area contributed by atoms with Crippen molar-refractivity contribution in [3.63, 3.8) is 0 Å². The van der Waals surface area contributed by atoms with Crippen LogP contribution in [-0.4, -0.2) is 54.4 Å². The van der Waals surface area contributed by atoms with Gasteiger partial charge in [0.05, 0.1) is 11.1 Å². The fourth-order valence-electron chi connectivity index (χ4n) is 4.14. The second-order valence-corrected chi connectivity index (χ2v) is 7.71. The van der Waals surface area contributed by atoms with E-state index >= 15 is 0 Å². The molecule has 0 amide bonds. The Hall–Kier alpha value is -3.03. The third kappa shape index (κ3) is 3.40. The fourth-order valence-corrected chi connectivity index (χ4v) is 4.14. The molecule has 0 aliphatic carbocycles. The highest BCUT2D eigenvalue weighted by Crippen LogP contribution is 2.36. The van der Waals surface area contributed by atoms with Crippen molar-refractivity contribution < 1.29 is 19.0 Å². The molecule has 0 unspecified atom stereocenters. The van der Waals surface area contributed by atoms with Gasteiger partial charge in [-0.25, -0.2) is 4.79 Å². The second kappa shape index (κ2) is 7.66. The molecule has 0 bridgehead atoms. The van der Waals surface area contributed by atoms with Crippen LogP contribution in [0, 0.1) is 0 Å². The van der Waals surface area contributed by atoms with Crippen molar-refractivity contribution >= 4 is 11.0 Å². The number of likely N-dealkylation sites (N-methyl/N-ethyl adjacent to an activating group) is 1. The van der Waals surface area contributed by atoms with E-state index in [-0.39, 0.29) is 12.5 Å². The van der Waals surface area contributed by atoms with Crippen molar-refractivity contribution in [2.24, 2.45) is 0 Å². The lowest BCUT2D eigenvalue weighted by Crippen LogP contribution is -2.45. The quantitative estimate of drug-likeness (QED) is 0.665. The molecule has 30 heavy (non-hydrogen) atoms. The molecule has 0 radical (unpaired) electrons. The van der Waals surface area contributed by atoms with E-state index in [1.54, 1.807) is 24.3 Å². The van der Waals surface area contributed by atoms with Gasteiger partial charge in [-0.2, -0.15) is 0 Å². The number of rotatable bonds is 4. The van der Waals surface area contributed by atoms with Gasteiger partial charge in [-0.1, -0.05) is 13.0 Å². The number of nitrogens with zero attached hydrogens (tertiary/aromatic N) is 2. The summed E-state index contributed by atoms with van der Waals surface area (Å²) in [5, 5.41) is 11.3. The maximum absolute atomic E-state index is 12.8. The number of benzene rings is 2. The molecule has 0 spiro atoms. The minimum absolute atomic E-state index is 0.152. The third-order valence-corrected chi connectivity index (χ3v) is 5.96. The van der Waals surface area contributed by atoms with Crippen LogP contribution in [0.5, 0.6) is 17.2 Å². The van der Waals surface area contributed by atoms with E-state index < -0.39 is 5.63 Å². The Kier molecular flexibility index (Phi) is 4.84. The number of piperazine rings is 1. The van der Waals surface area contributed by atoms with Crippen molar-refractivity contribution in [1.82, 2.24) is 9.80 Å². The molecule has 2 aliphatic heterocycles. The molecule has 7 nitrogen and oxygen atoms in total. The Morgan fingerprint density at radius 2 is 1.73 bits per heavy atom. The van der Waals surface area contributed by atoms with Crippen LogP contribution in [-0.2, 0) is 6.54 Å². The SMILES string of the molecule is CCN1CCN(Cc2c(O)ccc3cc(-c4ccc5c(c4)OCO5)c(=O)oc23)CC1. The Bertz CT molecular complexity index is 1150. The minimum Gasteiger partial charge on any atom is -0.507 e. The van der Waals surface area contributed by atoms with E-state index in [0.717, 1.165) is 38.1 Å². The van der Waals surface area contributed by atoms with E-state index in [2.05, 4.69) is 16.7 Å². The lowest BCUT2D eigenvalue weighted by Gasteiger charge is -2.34. The molecule has 5 rings (SSSR count). The maximum Gasteiger partial charge on any atom is 0.344 e. The van der Waals surface area contributed by atoms with Crippen molar-refractivity contribution in [2.75, 3.05) is 39.5 Å². The van der Waals surface area contributed by atoms with E-state index in [4.69, 9.17) is 13.9 Å². The van der Waals surface area contributed by atoms with E-state index in [0.29, 0.717) is 40.3 Å². The number of aromatic hydroxyl groups is 1. The van der Waals surface area contributed by atoms with E-state index in [1.807, 2.05) is 12.1 Å². The third-order valence-electron chi connectivity index (χ3n) is 5.96. The van der Waals surface area contributed by atoms with Gasteiger partial charge in [0.15, 0.2) is 11.5 Å². The van der Waals surface area contributed by atoms with Crippen LogP contribution in [0.3, 0.4) is 0 Å². The molecule has 3 aromatic rings. The Morgan fingerprint density at radius 3 is 2.53 bits per heavy atom. The molecule has 3 heterocycles. The highest BCUT2D eigenvalue weighted by atomic mass is 16.7. The number of hydrogen-bond acceptors (Lipinski definition) is 7. The van der Waals surface area contributed by atoms with Crippen molar-refractivity contribution in [3.05, 3.63) is 52.4 Å². The number of fused-ring (bicyclic) bond motifs is 2. The van der Waals surface area contributed by atoms with Gasteiger partial charge in [-0.05, 0) is 42.4 Å². The van der Waals surface area contributed by atoms with Crippen molar-refractivity contribution in [1.29, 1.82) is 0 Å². The molecule has 156 valence electrons. The molecule has 0 saturated carbocycles. The Balaban J connectivity index is 1.50. The zero-order chi connectivity index (χ0) is 20.7. The van der Waals surface area contributed by atoms with Gasteiger partial charge in [0.1, 0.15) is 11.3 Å². The Labute approximate surface area is 174 Å². The molecule has 1 aromatic heterocycles. The van der Waals surface area contributed by atoms with Crippen LogP contribution in [0.1, 0.15) is 12.5 Å². The van der Waals surface area contributed by atoms with Crippen molar-refractivity contribution in [2.45, 2.75) is 13.5 Å². The van der Waals surface area contributed by atoms with Gasteiger partial charge >= 0.3 is 5.63 Å². The summed E-state index contributed by atoms with van der Waals surface area (Å²) in [6.07, 6.45) is 0. The zero-order valence-corrected chi connectivity index (χ0v) is 16.9. The summed E-state index contributed by atoms with van der Waals surface area (Å²) in [6.45, 7) is 7.78. The Morgan fingerprint density at radius 1 is 0.967 bits per heavy atom. The predicted octanol–water partition coefficient (Wildman–Crippen LogP) is 3.03. The monoisotopic (exact) mass is 408 g/mol. The number of hydrogen-bond donors (Lipinski definition) is 1. The standard InChI is InChI=1S/C23H24N2O5/c1-2-24-7-9-25(10-8-24)13-18-19(26)5-3-16-11-17(23(27)30-22(16)18)15-4-6-20-21(12-15)29-14-28-20/h3-6,11-12,26H,2,7-10,13-14H2,1H3. The van der Waals surface area contributed by atoms with Crippen LogP contribution in [0.15, 0.2) is 45.6 Å². The highest BCUT2D eigenvalue weighted by molar-refractivity contribution is 5.86. The summed E-state index contributed by atoms with van der Waals surface area (Å²) in [6, 6.07) is 10.7. The molecule has 2 aliphatic rings. The first-order valence-corrected chi connectivity index (χ1v) is 10.3. The van der Waals surface area contributed by atoms with Gasteiger partial charge < -0.3 is 23.9 Å². The summed E-state index contributed by atoms with van der Waals surface area (Å²) in [5.41, 5.74) is 1.83. The lowest BCUT2D eigenvalue weighted by atomic mass is 10.0. The van der Waals surface area contributed by atoms with Gasteiger partial charge in [-0.3, -0.25) is 4.90 Å². The molecule has 7 heteroatoms. The molecule has 1 fully saturated rings. The van der Waals surface area contributed by atoms with Crippen LogP contribution in [0.2, 0.25) is 0 Å². The average Bonchev–Trinajstić information content (AvgIpc) is 3.24. The second-order valence-electron chi connectivity index (χ2n) is 7.71. The van der Waals surface area contributed by atoms with Crippen LogP contribution < -0.4 is 15.1 Å². The van der Waals surface area contributed by atoms with Crippen LogP contribution in [0.4, 0.5) is 0 Å². The minimum atomic E-state index is -0.441. The lowest BCUT2D eigenvalue weighted by molar-refractivity contribution is 0.131. The molecule has 2 aromatic carbocycles. The van der Waals surface area contributed by atoms with Gasteiger partial charge in [0.25, 0.3) is 0 Å². The number of ether oxygens (including phenoxy) is 2. The predicted molar refractivity (Wildman–Crippen MR) is 113 cm³/mol. The molecule has 1 N–H and O–H groups in total. The first kappa shape index (κ1) is 19.0. The smallest absolute Gasteiger partial charge is 0.344 e. The largest absolute Gasteiger partial charge is 0.507 e. The molecular formula is C23H24N2O5. The van der Waals surface area contributed by atoms with Crippen molar-refractivity contribution in [3.8, 4) is 28.4 Å². The van der Waals surface area contributed by atoms with Crippen LogP contribution >= 0.6 is 0 Å². The summed E-state index contributed by atoms with van der Waals surface area (Å²) in [4.78, 5) is 17.5. The van der Waals surface area contributed by atoms with Gasteiger partial charge in [0, 0.05) is 38.1 Å². The first-order valence-electron chi connectivity index (χ1n) is 10.3. The first-order chi connectivity index (χ1) is 14.6. The molecule has 0 atom stereocenters. The molecule has 1 saturated heterocycles. The van der Waals surface area contributed by atoms with E-state index in [1.165, 1.54) is 0 Å². The zero-order valence-electron chi connectivity index (χ0n) is 16.9. The van der Waals surface area contributed by atoms with Gasteiger partial charge in [-0.15, -0.1) is 0 Å². The maximum atomic E-state index is 12.8. The summed E-state index contributed by atoms with van der Waals surface area (Å²) in [7, 11) is 0. The average molecular weight is 408 g/mol. The number of phenols is 1. The van der Waals surface area contributed by atoms with E-state index in [9.17, 15) is 9.90 Å². The summed E-state index contributed by atoms with van der Waals surface area (Å²) in [5.74, 6) is 1.43. The number of phenolic OH excluding ortho intramolecular Hbond substituents is 1. The molecular weight excluding hydrogens is 384 g/mol.